The van der Waals surface area contributed by atoms with Crippen LogP contribution in [-0.4, -0.2) is 6.10 Å². The average molecular weight is 173 g/mol. The van der Waals surface area contributed by atoms with Gasteiger partial charge in [0.15, 0.2) is 0 Å². The van der Waals surface area contributed by atoms with Crippen molar-refractivity contribution in [3.63, 3.8) is 0 Å². The fraction of sp³-hybridized carbons (Fsp3) is 0.364. The summed E-state index contributed by atoms with van der Waals surface area (Å²) in [5.41, 5.74) is 2.59. The van der Waals surface area contributed by atoms with E-state index in [0.29, 0.717) is 13.0 Å². The highest BCUT2D eigenvalue weighted by Crippen LogP contribution is 2.21. The Morgan fingerprint density at radius 2 is 2.15 bits per heavy atom. The molecule has 0 radical (unpaired) electrons. The molecule has 13 heavy (non-hydrogen) atoms. The molecule has 2 nitrogen and oxygen atoms in total. The third-order valence-corrected chi connectivity index (χ3v) is 2.36. The number of hydrogen-bond donors (Lipinski definition) is 0. The second kappa shape index (κ2) is 3.59. The van der Waals surface area contributed by atoms with Crippen LogP contribution in [0.2, 0.25) is 0 Å². The lowest BCUT2D eigenvalue weighted by Crippen LogP contribution is -2.21. The normalized spacial score (nSPS) is 20.4. The van der Waals surface area contributed by atoms with Crippen molar-refractivity contribution in [2.75, 3.05) is 0 Å². The second-order valence-corrected chi connectivity index (χ2v) is 3.27. The lowest BCUT2D eigenvalue weighted by molar-refractivity contribution is 0.0318. The van der Waals surface area contributed by atoms with Gasteiger partial charge in [-0.05, 0) is 11.1 Å². The number of nitrogens with zero attached hydrogens (tertiary/aromatic N) is 1. The van der Waals surface area contributed by atoms with Gasteiger partial charge < -0.3 is 4.74 Å². The fourth-order valence-corrected chi connectivity index (χ4v) is 1.64. The van der Waals surface area contributed by atoms with E-state index < -0.39 is 0 Å². The van der Waals surface area contributed by atoms with E-state index in [1.807, 2.05) is 12.1 Å². The van der Waals surface area contributed by atoms with Gasteiger partial charge in [-0.25, -0.2) is 0 Å². The average Bonchev–Trinajstić information content (AvgIpc) is 2.18. The summed E-state index contributed by atoms with van der Waals surface area (Å²) in [6, 6.07) is 10.4. The van der Waals surface area contributed by atoms with Gasteiger partial charge in [-0.1, -0.05) is 24.3 Å². The summed E-state index contributed by atoms with van der Waals surface area (Å²) in [5.74, 6) is 0. The number of ether oxygens (including phenoxy) is 1. The Hall–Kier alpha value is -1.33. The van der Waals surface area contributed by atoms with E-state index in [2.05, 4.69) is 18.2 Å². The molecule has 1 aromatic rings. The van der Waals surface area contributed by atoms with Crippen LogP contribution >= 0.6 is 0 Å². The van der Waals surface area contributed by atoms with Gasteiger partial charge in [0.05, 0.1) is 25.2 Å². The molecule has 1 aliphatic rings. The minimum atomic E-state index is 0.0971. The van der Waals surface area contributed by atoms with Crippen LogP contribution in [0.1, 0.15) is 17.5 Å². The van der Waals surface area contributed by atoms with Gasteiger partial charge >= 0.3 is 0 Å². The maximum absolute atomic E-state index is 8.54. The van der Waals surface area contributed by atoms with Crippen LogP contribution in [0.4, 0.5) is 0 Å². The zero-order chi connectivity index (χ0) is 9.10. The molecule has 1 atom stereocenters. The van der Waals surface area contributed by atoms with Crippen molar-refractivity contribution in [1.29, 1.82) is 5.26 Å². The summed E-state index contributed by atoms with van der Waals surface area (Å²) in [5, 5.41) is 8.54. The molecule has 0 aliphatic carbocycles. The first kappa shape index (κ1) is 8.28. The highest BCUT2D eigenvalue weighted by molar-refractivity contribution is 5.28. The Bertz CT molecular complexity index is 340. The molecule has 0 bridgehead atoms. The first-order chi connectivity index (χ1) is 6.40. The standard InChI is InChI=1S/C11H11NO/c12-6-5-11-7-9-3-1-2-4-10(9)8-13-11/h1-4,11H,5,7-8H2. The molecule has 0 aromatic heterocycles. The number of nitriles is 1. The number of fused-ring (bicyclic) bond motifs is 1. The van der Waals surface area contributed by atoms with E-state index in [4.69, 9.17) is 10.00 Å². The molecule has 0 amide bonds. The predicted molar refractivity (Wildman–Crippen MR) is 49.0 cm³/mol. The van der Waals surface area contributed by atoms with Crippen LogP contribution in [-0.2, 0) is 17.8 Å². The van der Waals surface area contributed by atoms with Gasteiger partial charge in [-0.15, -0.1) is 0 Å². The first-order valence-corrected chi connectivity index (χ1v) is 4.45. The van der Waals surface area contributed by atoms with E-state index in [0.717, 1.165) is 6.42 Å². The summed E-state index contributed by atoms with van der Waals surface area (Å²) in [6.45, 7) is 0.655. The minimum Gasteiger partial charge on any atom is -0.372 e. The first-order valence-electron chi connectivity index (χ1n) is 4.45. The van der Waals surface area contributed by atoms with Crippen molar-refractivity contribution < 1.29 is 4.74 Å². The Kier molecular flexibility index (Phi) is 2.29. The summed E-state index contributed by atoms with van der Waals surface area (Å²) in [6.07, 6.45) is 1.47. The fourth-order valence-electron chi connectivity index (χ4n) is 1.64. The van der Waals surface area contributed by atoms with Gasteiger partial charge in [0.1, 0.15) is 0 Å². The Labute approximate surface area is 77.8 Å². The van der Waals surface area contributed by atoms with E-state index in [1.54, 1.807) is 0 Å². The van der Waals surface area contributed by atoms with Crippen molar-refractivity contribution >= 4 is 0 Å². The van der Waals surface area contributed by atoms with Crippen LogP contribution in [0, 0.1) is 11.3 Å². The van der Waals surface area contributed by atoms with E-state index in [-0.39, 0.29) is 6.10 Å². The summed E-state index contributed by atoms with van der Waals surface area (Å²) >= 11 is 0. The Balaban J connectivity index is 2.16. The highest BCUT2D eigenvalue weighted by Gasteiger charge is 2.17. The third-order valence-electron chi connectivity index (χ3n) is 2.36. The lowest BCUT2D eigenvalue weighted by atomic mass is 9.98. The van der Waals surface area contributed by atoms with Gasteiger partial charge in [0.2, 0.25) is 0 Å². The van der Waals surface area contributed by atoms with E-state index in [1.165, 1.54) is 11.1 Å². The Morgan fingerprint density at radius 3 is 2.92 bits per heavy atom. The van der Waals surface area contributed by atoms with Crippen molar-refractivity contribution in [1.82, 2.24) is 0 Å². The van der Waals surface area contributed by atoms with Gasteiger partial charge in [0, 0.05) is 6.42 Å². The van der Waals surface area contributed by atoms with Gasteiger partial charge in [-0.3, -0.25) is 0 Å². The maximum atomic E-state index is 8.54. The van der Waals surface area contributed by atoms with E-state index in [9.17, 15) is 0 Å². The molecule has 0 fully saturated rings. The largest absolute Gasteiger partial charge is 0.372 e. The van der Waals surface area contributed by atoms with Crippen LogP contribution in [0.25, 0.3) is 0 Å². The van der Waals surface area contributed by atoms with Crippen molar-refractivity contribution in [3.05, 3.63) is 35.4 Å². The highest BCUT2D eigenvalue weighted by atomic mass is 16.5. The van der Waals surface area contributed by atoms with Crippen LogP contribution in [0.3, 0.4) is 0 Å². The monoisotopic (exact) mass is 173 g/mol. The molecule has 0 N–H and O–H groups in total. The molecule has 1 aromatic carbocycles. The van der Waals surface area contributed by atoms with Gasteiger partial charge in [0.25, 0.3) is 0 Å². The summed E-state index contributed by atoms with van der Waals surface area (Å²) in [7, 11) is 0. The molecule has 1 heterocycles. The van der Waals surface area contributed by atoms with Crippen LogP contribution < -0.4 is 0 Å². The van der Waals surface area contributed by atoms with Crippen molar-refractivity contribution in [2.45, 2.75) is 25.6 Å². The summed E-state index contributed by atoms with van der Waals surface area (Å²) in [4.78, 5) is 0. The molecule has 0 saturated carbocycles. The quantitative estimate of drug-likeness (QED) is 0.651. The molecule has 0 saturated heterocycles. The van der Waals surface area contributed by atoms with Crippen molar-refractivity contribution in [2.24, 2.45) is 0 Å². The molecule has 1 unspecified atom stereocenters. The van der Waals surface area contributed by atoms with Gasteiger partial charge in [-0.2, -0.15) is 5.26 Å². The third kappa shape index (κ3) is 1.71. The smallest absolute Gasteiger partial charge is 0.0749 e. The predicted octanol–water partition coefficient (Wildman–Crippen LogP) is 2.04. The number of hydrogen-bond acceptors (Lipinski definition) is 2. The molecular formula is C11H11NO. The lowest BCUT2D eigenvalue weighted by Gasteiger charge is -2.23. The molecule has 2 rings (SSSR count). The zero-order valence-corrected chi connectivity index (χ0v) is 7.36. The second-order valence-electron chi connectivity index (χ2n) is 3.27. The van der Waals surface area contributed by atoms with Crippen LogP contribution in [0.5, 0.6) is 0 Å². The summed E-state index contributed by atoms with van der Waals surface area (Å²) < 4.78 is 5.52. The van der Waals surface area contributed by atoms with E-state index >= 15 is 0 Å². The van der Waals surface area contributed by atoms with Crippen LogP contribution in [0.15, 0.2) is 24.3 Å². The topological polar surface area (TPSA) is 33.0 Å². The number of rotatable bonds is 1. The molecule has 0 spiro atoms. The van der Waals surface area contributed by atoms with Crippen molar-refractivity contribution in [3.8, 4) is 6.07 Å². The molecular weight excluding hydrogens is 162 g/mol. The molecule has 66 valence electrons. The Morgan fingerprint density at radius 1 is 1.38 bits per heavy atom. The SMILES string of the molecule is N#CCC1Cc2ccccc2CO1. The maximum Gasteiger partial charge on any atom is 0.0749 e. The minimum absolute atomic E-state index is 0.0971. The molecule has 1 aliphatic heterocycles. The number of benzene rings is 1. The molecule has 2 heteroatoms. The zero-order valence-electron chi connectivity index (χ0n) is 7.36.